The maximum atomic E-state index is 12.6. The van der Waals surface area contributed by atoms with Crippen LogP contribution >= 0.6 is 11.3 Å². The van der Waals surface area contributed by atoms with Crippen molar-refractivity contribution in [2.24, 2.45) is 5.41 Å². The third-order valence-electron chi connectivity index (χ3n) is 4.37. The number of aromatic nitrogens is 1. The van der Waals surface area contributed by atoms with Crippen LogP contribution in [0.5, 0.6) is 0 Å². The summed E-state index contributed by atoms with van der Waals surface area (Å²) >= 11 is 1.36. The molecule has 118 valence electrons. The third kappa shape index (κ3) is 3.67. The molecule has 1 amide bonds. The van der Waals surface area contributed by atoms with Gasteiger partial charge in [0.1, 0.15) is 10.7 Å². The largest absolute Gasteiger partial charge is 0.382 e. The molecule has 0 spiro atoms. The van der Waals surface area contributed by atoms with Crippen molar-refractivity contribution in [1.82, 2.24) is 9.88 Å². The maximum absolute atomic E-state index is 12.6. The van der Waals surface area contributed by atoms with Crippen molar-refractivity contribution in [2.45, 2.75) is 53.0 Å². The molecule has 2 rings (SSSR count). The first kappa shape index (κ1) is 16.1. The molecule has 21 heavy (non-hydrogen) atoms. The number of piperidine rings is 1. The number of nitrogens with one attached hydrogen (secondary N) is 1. The van der Waals surface area contributed by atoms with Crippen molar-refractivity contribution in [3.8, 4) is 0 Å². The van der Waals surface area contributed by atoms with Gasteiger partial charge in [0, 0.05) is 19.1 Å². The van der Waals surface area contributed by atoms with E-state index in [0.717, 1.165) is 31.1 Å². The monoisotopic (exact) mass is 310 g/mol. The van der Waals surface area contributed by atoms with Gasteiger partial charge in [0.05, 0.1) is 0 Å². The van der Waals surface area contributed by atoms with Crippen LogP contribution in [0, 0.1) is 5.41 Å². The SMILES string of the molecule is CCC1(C)CCN(C(=O)c2sc(NC(C)C)nc2N)CC1. The van der Waals surface area contributed by atoms with E-state index < -0.39 is 0 Å². The summed E-state index contributed by atoms with van der Waals surface area (Å²) in [4.78, 5) is 19.3. The minimum Gasteiger partial charge on any atom is -0.382 e. The predicted molar refractivity (Wildman–Crippen MR) is 88.8 cm³/mol. The zero-order chi connectivity index (χ0) is 15.6. The molecule has 1 aromatic heterocycles. The molecule has 1 aliphatic heterocycles. The normalized spacial score (nSPS) is 18.0. The van der Waals surface area contributed by atoms with Crippen LogP contribution in [-0.4, -0.2) is 34.9 Å². The van der Waals surface area contributed by atoms with E-state index in [4.69, 9.17) is 5.73 Å². The van der Waals surface area contributed by atoms with E-state index >= 15 is 0 Å². The van der Waals surface area contributed by atoms with Gasteiger partial charge in [-0.1, -0.05) is 31.6 Å². The van der Waals surface area contributed by atoms with Gasteiger partial charge in [-0.3, -0.25) is 4.79 Å². The number of carbonyl (C=O) groups is 1. The number of rotatable bonds is 4. The Kier molecular flexibility index (Phi) is 4.76. The van der Waals surface area contributed by atoms with Crippen LogP contribution in [0.4, 0.5) is 10.9 Å². The van der Waals surface area contributed by atoms with Crippen LogP contribution in [0.15, 0.2) is 0 Å². The molecule has 6 heteroatoms. The Bertz CT molecular complexity index is 504. The van der Waals surface area contributed by atoms with Crippen LogP contribution in [0.1, 0.15) is 56.6 Å². The molecule has 0 unspecified atom stereocenters. The summed E-state index contributed by atoms with van der Waals surface area (Å²) in [6.07, 6.45) is 3.29. The molecule has 0 aromatic carbocycles. The summed E-state index contributed by atoms with van der Waals surface area (Å²) in [7, 11) is 0. The number of carbonyl (C=O) groups excluding carboxylic acids is 1. The van der Waals surface area contributed by atoms with E-state index in [9.17, 15) is 4.79 Å². The van der Waals surface area contributed by atoms with Gasteiger partial charge in [-0.25, -0.2) is 4.98 Å². The zero-order valence-corrected chi connectivity index (χ0v) is 14.2. The standard InChI is InChI=1S/C15H26N4OS/c1-5-15(4)6-8-19(9-7-15)13(20)11-12(16)18-14(21-11)17-10(2)3/h10H,5-9,16H2,1-4H3,(H,17,18). The Labute approximate surface area is 130 Å². The molecule has 1 aromatic rings. The van der Waals surface area contributed by atoms with Gasteiger partial charge in [-0.2, -0.15) is 0 Å². The van der Waals surface area contributed by atoms with E-state index in [2.05, 4.69) is 24.1 Å². The van der Waals surface area contributed by atoms with Gasteiger partial charge in [0.2, 0.25) is 0 Å². The van der Waals surface area contributed by atoms with E-state index in [0.29, 0.717) is 16.1 Å². The smallest absolute Gasteiger partial charge is 0.267 e. The first-order valence-electron chi connectivity index (χ1n) is 7.67. The van der Waals surface area contributed by atoms with Gasteiger partial charge in [0.15, 0.2) is 5.13 Å². The van der Waals surface area contributed by atoms with Crippen LogP contribution in [-0.2, 0) is 0 Å². The summed E-state index contributed by atoms with van der Waals surface area (Å²) < 4.78 is 0. The van der Waals surface area contributed by atoms with Crippen molar-refractivity contribution in [1.29, 1.82) is 0 Å². The van der Waals surface area contributed by atoms with Gasteiger partial charge >= 0.3 is 0 Å². The zero-order valence-electron chi connectivity index (χ0n) is 13.4. The second-order valence-electron chi connectivity index (χ2n) is 6.49. The summed E-state index contributed by atoms with van der Waals surface area (Å²) in [5, 5.41) is 3.93. The number of hydrogen-bond donors (Lipinski definition) is 2. The number of nitrogens with zero attached hydrogens (tertiary/aromatic N) is 2. The van der Waals surface area contributed by atoms with Crippen LogP contribution < -0.4 is 11.1 Å². The minimum absolute atomic E-state index is 0.0277. The van der Waals surface area contributed by atoms with Crippen molar-refractivity contribution in [3.63, 3.8) is 0 Å². The van der Waals surface area contributed by atoms with Crippen LogP contribution in [0.3, 0.4) is 0 Å². The third-order valence-corrected chi connectivity index (χ3v) is 5.36. The summed E-state index contributed by atoms with van der Waals surface area (Å²) in [6, 6.07) is 0.277. The van der Waals surface area contributed by atoms with E-state index in [1.807, 2.05) is 18.7 Å². The van der Waals surface area contributed by atoms with Crippen molar-refractivity contribution >= 4 is 28.2 Å². The molecule has 1 saturated heterocycles. The molecule has 0 aliphatic carbocycles. The fraction of sp³-hybridized carbons (Fsp3) is 0.733. The fourth-order valence-electron chi connectivity index (χ4n) is 2.54. The van der Waals surface area contributed by atoms with Crippen molar-refractivity contribution in [3.05, 3.63) is 4.88 Å². The Balaban J connectivity index is 2.06. The van der Waals surface area contributed by atoms with Gasteiger partial charge < -0.3 is 16.0 Å². The van der Waals surface area contributed by atoms with E-state index in [1.165, 1.54) is 17.8 Å². The quantitative estimate of drug-likeness (QED) is 0.896. The van der Waals surface area contributed by atoms with E-state index in [-0.39, 0.29) is 11.9 Å². The predicted octanol–water partition coefficient (Wildman–Crippen LogP) is 3.20. The number of nitrogen functional groups attached to an aromatic ring is 1. The number of anilines is 2. The highest BCUT2D eigenvalue weighted by Crippen LogP contribution is 2.35. The van der Waals surface area contributed by atoms with Crippen molar-refractivity contribution < 1.29 is 4.79 Å². The van der Waals surface area contributed by atoms with Gasteiger partial charge in [-0.15, -0.1) is 0 Å². The molecule has 5 nitrogen and oxygen atoms in total. The maximum Gasteiger partial charge on any atom is 0.267 e. The number of nitrogens with two attached hydrogens (primary N) is 1. The molecular formula is C15H26N4OS. The topological polar surface area (TPSA) is 71.2 Å². The average Bonchev–Trinajstić information content (AvgIpc) is 2.79. The lowest BCUT2D eigenvalue weighted by molar-refractivity contribution is 0.0606. The molecule has 3 N–H and O–H groups in total. The summed E-state index contributed by atoms with van der Waals surface area (Å²) in [5.41, 5.74) is 6.29. The fourth-order valence-corrected chi connectivity index (χ4v) is 3.54. The first-order chi connectivity index (χ1) is 9.84. The Morgan fingerprint density at radius 1 is 1.48 bits per heavy atom. The lowest BCUT2D eigenvalue weighted by atomic mass is 9.78. The molecule has 0 bridgehead atoms. The molecule has 0 saturated carbocycles. The molecule has 0 radical (unpaired) electrons. The summed E-state index contributed by atoms with van der Waals surface area (Å²) in [5.74, 6) is 0.372. The summed E-state index contributed by atoms with van der Waals surface area (Å²) in [6.45, 7) is 10.2. The molecule has 0 atom stereocenters. The second-order valence-corrected chi connectivity index (χ2v) is 7.49. The Hall–Kier alpha value is -1.30. The Morgan fingerprint density at radius 2 is 2.10 bits per heavy atom. The van der Waals surface area contributed by atoms with Gasteiger partial charge in [0.25, 0.3) is 5.91 Å². The molecule has 1 fully saturated rings. The first-order valence-corrected chi connectivity index (χ1v) is 8.48. The number of amides is 1. The van der Waals surface area contributed by atoms with Crippen LogP contribution in [0.25, 0.3) is 0 Å². The highest BCUT2D eigenvalue weighted by Gasteiger charge is 2.32. The highest BCUT2D eigenvalue weighted by molar-refractivity contribution is 7.18. The molecule has 2 heterocycles. The number of likely N-dealkylation sites (tertiary alicyclic amines) is 1. The van der Waals surface area contributed by atoms with E-state index in [1.54, 1.807) is 0 Å². The number of hydrogen-bond acceptors (Lipinski definition) is 5. The lowest BCUT2D eigenvalue weighted by Crippen LogP contribution is -2.41. The average molecular weight is 310 g/mol. The molecule has 1 aliphatic rings. The molecular weight excluding hydrogens is 284 g/mol. The Morgan fingerprint density at radius 3 is 2.62 bits per heavy atom. The second kappa shape index (κ2) is 6.22. The van der Waals surface area contributed by atoms with Crippen LogP contribution in [0.2, 0.25) is 0 Å². The van der Waals surface area contributed by atoms with Crippen molar-refractivity contribution in [2.75, 3.05) is 24.1 Å². The minimum atomic E-state index is 0.0277. The number of thiazole rings is 1. The van der Waals surface area contributed by atoms with Gasteiger partial charge in [-0.05, 0) is 32.1 Å². The lowest BCUT2D eigenvalue weighted by Gasteiger charge is -2.38. The highest BCUT2D eigenvalue weighted by atomic mass is 32.1.